The van der Waals surface area contributed by atoms with Gasteiger partial charge in [0.25, 0.3) is 0 Å². The predicted molar refractivity (Wildman–Crippen MR) is 95.1 cm³/mol. The van der Waals surface area contributed by atoms with E-state index in [-0.39, 0.29) is 17.9 Å². The van der Waals surface area contributed by atoms with Crippen molar-refractivity contribution in [2.75, 3.05) is 10.6 Å². The number of amides is 1. The Morgan fingerprint density at radius 3 is 2.17 bits per heavy atom. The third-order valence-electron chi connectivity index (χ3n) is 4.06. The van der Waals surface area contributed by atoms with Gasteiger partial charge in [-0.3, -0.25) is 9.10 Å². The Bertz CT molecular complexity index is 668. The van der Waals surface area contributed by atoms with E-state index in [0.717, 1.165) is 17.4 Å². The molecule has 6 heteroatoms. The van der Waals surface area contributed by atoms with Crippen LogP contribution in [-0.4, -0.2) is 32.7 Å². The Morgan fingerprint density at radius 2 is 1.70 bits per heavy atom. The van der Waals surface area contributed by atoms with Crippen LogP contribution in [0.15, 0.2) is 18.2 Å². The molecule has 1 rings (SSSR count). The van der Waals surface area contributed by atoms with Crippen LogP contribution < -0.4 is 9.62 Å². The Hall–Kier alpha value is -1.56. The molecule has 23 heavy (non-hydrogen) atoms. The lowest BCUT2D eigenvalue weighted by molar-refractivity contribution is -0.122. The second kappa shape index (κ2) is 7.34. The molecular formula is C17H28N2O3S. The molecule has 0 aliphatic rings. The minimum atomic E-state index is -3.59. The summed E-state index contributed by atoms with van der Waals surface area (Å²) in [4.78, 5) is 12.5. The van der Waals surface area contributed by atoms with Crippen molar-refractivity contribution in [3.63, 3.8) is 0 Å². The topological polar surface area (TPSA) is 66.5 Å². The number of rotatable bonds is 6. The van der Waals surface area contributed by atoms with Crippen molar-refractivity contribution in [3.8, 4) is 0 Å². The molecule has 1 N–H and O–H groups in total. The number of hydrogen-bond acceptors (Lipinski definition) is 3. The van der Waals surface area contributed by atoms with Crippen molar-refractivity contribution >= 4 is 21.6 Å². The first-order valence-corrected chi connectivity index (χ1v) is 9.67. The average molecular weight is 340 g/mol. The highest BCUT2D eigenvalue weighted by atomic mass is 32.2. The summed E-state index contributed by atoms with van der Waals surface area (Å²) in [6, 6.07) is 4.75. The molecule has 0 unspecified atom stereocenters. The maximum absolute atomic E-state index is 12.5. The molecule has 0 aromatic heterocycles. The first-order chi connectivity index (χ1) is 10.4. The fraction of sp³-hybridized carbons (Fsp3) is 0.588. The smallest absolute Gasteiger partial charge is 0.243 e. The molecular weight excluding hydrogens is 312 g/mol. The molecule has 5 nitrogen and oxygen atoms in total. The van der Waals surface area contributed by atoms with Crippen LogP contribution >= 0.6 is 0 Å². The van der Waals surface area contributed by atoms with E-state index >= 15 is 0 Å². The summed E-state index contributed by atoms with van der Waals surface area (Å²) in [7, 11) is -3.59. The van der Waals surface area contributed by atoms with Crippen LogP contribution in [0.1, 0.15) is 38.8 Å². The van der Waals surface area contributed by atoms with E-state index in [0.29, 0.717) is 5.69 Å². The third-order valence-corrected chi connectivity index (χ3v) is 5.29. The first-order valence-electron chi connectivity index (χ1n) is 7.82. The first kappa shape index (κ1) is 19.5. The van der Waals surface area contributed by atoms with Crippen LogP contribution in [0.5, 0.6) is 0 Å². The number of benzene rings is 1. The van der Waals surface area contributed by atoms with Crippen molar-refractivity contribution in [1.29, 1.82) is 0 Å². The molecule has 0 saturated heterocycles. The van der Waals surface area contributed by atoms with E-state index in [2.05, 4.69) is 5.32 Å². The zero-order valence-corrected chi connectivity index (χ0v) is 15.9. The van der Waals surface area contributed by atoms with E-state index in [1.165, 1.54) is 4.31 Å². The molecule has 0 radical (unpaired) electrons. The van der Waals surface area contributed by atoms with Gasteiger partial charge in [0.1, 0.15) is 6.04 Å². The molecule has 0 saturated carbocycles. The maximum Gasteiger partial charge on any atom is 0.243 e. The van der Waals surface area contributed by atoms with Gasteiger partial charge >= 0.3 is 0 Å². The lowest BCUT2D eigenvalue weighted by Gasteiger charge is -2.31. The highest BCUT2D eigenvalue weighted by molar-refractivity contribution is 7.92. The summed E-state index contributed by atoms with van der Waals surface area (Å²) >= 11 is 0. The van der Waals surface area contributed by atoms with Crippen LogP contribution in [0, 0.1) is 19.8 Å². The minimum Gasteiger partial charge on any atom is -0.352 e. The van der Waals surface area contributed by atoms with Gasteiger partial charge in [0.05, 0.1) is 11.9 Å². The Morgan fingerprint density at radius 1 is 1.13 bits per heavy atom. The molecule has 0 aliphatic heterocycles. The molecule has 0 aliphatic carbocycles. The van der Waals surface area contributed by atoms with Crippen LogP contribution in [0.2, 0.25) is 0 Å². The zero-order valence-electron chi connectivity index (χ0n) is 15.0. The van der Waals surface area contributed by atoms with Crippen molar-refractivity contribution < 1.29 is 13.2 Å². The minimum absolute atomic E-state index is 0.0232. The maximum atomic E-state index is 12.5. The lowest BCUT2D eigenvalue weighted by Crippen LogP contribution is -2.50. The van der Waals surface area contributed by atoms with Gasteiger partial charge in [-0.15, -0.1) is 0 Å². The second-order valence-corrected chi connectivity index (χ2v) is 8.43. The van der Waals surface area contributed by atoms with E-state index in [1.54, 1.807) is 13.0 Å². The quantitative estimate of drug-likeness (QED) is 0.865. The SMILES string of the molecule is Cc1ccc(C)c(N([C@H](C)C(=O)N[C@H](C)C(C)C)S(C)(=O)=O)c1. The zero-order chi connectivity index (χ0) is 17.9. The molecule has 1 aromatic carbocycles. The molecule has 1 amide bonds. The van der Waals surface area contributed by atoms with E-state index in [9.17, 15) is 13.2 Å². The van der Waals surface area contributed by atoms with Crippen molar-refractivity contribution in [1.82, 2.24) is 5.32 Å². The number of carbonyl (C=O) groups is 1. The average Bonchev–Trinajstić information content (AvgIpc) is 2.40. The van der Waals surface area contributed by atoms with E-state index in [1.807, 2.05) is 46.8 Å². The van der Waals surface area contributed by atoms with Gasteiger partial charge in [0.15, 0.2) is 0 Å². The van der Waals surface area contributed by atoms with Gasteiger partial charge < -0.3 is 5.32 Å². The van der Waals surface area contributed by atoms with Gasteiger partial charge in [0.2, 0.25) is 15.9 Å². The summed E-state index contributed by atoms with van der Waals surface area (Å²) in [5, 5.41) is 2.89. The van der Waals surface area contributed by atoms with Crippen molar-refractivity contribution in [3.05, 3.63) is 29.3 Å². The molecule has 0 heterocycles. The van der Waals surface area contributed by atoms with Crippen LogP contribution in [0.3, 0.4) is 0 Å². The normalized spacial score (nSPS) is 14.4. The van der Waals surface area contributed by atoms with Gasteiger partial charge in [-0.05, 0) is 50.8 Å². The van der Waals surface area contributed by atoms with Crippen LogP contribution in [0.4, 0.5) is 5.69 Å². The largest absolute Gasteiger partial charge is 0.352 e. The summed E-state index contributed by atoms with van der Waals surface area (Å²) in [5.74, 6) is -0.0175. The summed E-state index contributed by atoms with van der Waals surface area (Å²) < 4.78 is 25.8. The molecule has 0 spiro atoms. The molecule has 1 aromatic rings. The van der Waals surface area contributed by atoms with Crippen molar-refractivity contribution in [2.24, 2.45) is 5.92 Å². The molecule has 0 fully saturated rings. The summed E-state index contributed by atoms with van der Waals surface area (Å²) in [6.45, 7) is 11.3. The van der Waals surface area contributed by atoms with Crippen molar-refractivity contribution in [2.45, 2.75) is 53.6 Å². The fourth-order valence-corrected chi connectivity index (χ4v) is 3.47. The summed E-state index contributed by atoms with van der Waals surface area (Å²) in [6.07, 6.45) is 1.13. The molecule has 2 atom stereocenters. The Kier molecular flexibility index (Phi) is 6.22. The standard InChI is InChI=1S/C17H28N2O3S/c1-11(2)14(5)18-17(20)15(6)19(23(7,21)22)16-10-12(3)8-9-13(16)4/h8-11,14-15H,1-7H3,(H,18,20)/t14-,15-/m1/s1. The van der Waals surface area contributed by atoms with Gasteiger partial charge in [0, 0.05) is 6.04 Å². The van der Waals surface area contributed by atoms with Gasteiger partial charge in [-0.25, -0.2) is 8.42 Å². The highest BCUT2D eigenvalue weighted by Gasteiger charge is 2.31. The van der Waals surface area contributed by atoms with E-state index < -0.39 is 16.1 Å². The predicted octanol–water partition coefficient (Wildman–Crippen LogP) is 2.62. The number of hydrogen-bond donors (Lipinski definition) is 1. The highest BCUT2D eigenvalue weighted by Crippen LogP contribution is 2.26. The third kappa shape index (κ3) is 4.96. The monoisotopic (exact) mass is 340 g/mol. The molecule has 0 bridgehead atoms. The lowest BCUT2D eigenvalue weighted by atomic mass is 10.1. The number of sulfonamides is 1. The second-order valence-electron chi connectivity index (χ2n) is 6.57. The summed E-state index contributed by atoms with van der Waals surface area (Å²) in [5.41, 5.74) is 2.31. The van der Waals surface area contributed by atoms with E-state index in [4.69, 9.17) is 0 Å². The Labute approximate surface area is 140 Å². The number of nitrogens with zero attached hydrogens (tertiary/aromatic N) is 1. The number of anilines is 1. The fourth-order valence-electron chi connectivity index (χ4n) is 2.25. The van der Waals surface area contributed by atoms with Crippen LogP contribution in [0.25, 0.3) is 0 Å². The Balaban J connectivity index is 3.23. The molecule has 130 valence electrons. The van der Waals surface area contributed by atoms with Crippen LogP contribution in [-0.2, 0) is 14.8 Å². The number of nitrogens with one attached hydrogen (secondary N) is 1. The van der Waals surface area contributed by atoms with Gasteiger partial charge in [-0.2, -0.15) is 0 Å². The van der Waals surface area contributed by atoms with Gasteiger partial charge in [-0.1, -0.05) is 26.0 Å². The number of aryl methyl sites for hydroxylation is 2. The number of carbonyl (C=O) groups excluding carboxylic acids is 1.